The van der Waals surface area contributed by atoms with Crippen LogP contribution in [-0.4, -0.2) is 0 Å². The maximum Gasteiger partial charge on any atom is -0.00268 e. The van der Waals surface area contributed by atoms with Crippen LogP contribution in [-0.2, 0) is 12.8 Å². The molecule has 0 atom stereocenters. The molecule has 9 rings (SSSR count). The van der Waals surface area contributed by atoms with E-state index in [4.69, 9.17) is 0 Å². The first-order valence-electron chi connectivity index (χ1n) is 13.4. The molecule has 38 heavy (non-hydrogen) atoms. The van der Waals surface area contributed by atoms with E-state index in [1.54, 1.807) is 0 Å². The van der Waals surface area contributed by atoms with Crippen LogP contribution in [0.2, 0.25) is 0 Å². The Morgan fingerprint density at radius 1 is 0.237 bits per heavy atom. The maximum atomic E-state index is 2.25. The fraction of sp³-hybridized carbons (Fsp3) is 0.0526. The summed E-state index contributed by atoms with van der Waals surface area (Å²) in [4.78, 5) is 0. The minimum absolute atomic E-state index is 1.23. The first kappa shape index (κ1) is 22.5. The molecular formula is C38H28. The topological polar surface area (TPSA) is 0 Å². The van der Waals surface area contributed by atoms with Crippen molar-refractivity contribution in [3.63, 3.8) is 0 Å². The monoisotopic (exact) mass is 484 g/mol. The Kier molecular flexibility index (Phi) is 5.72. The Hall–Kier alpha value is -4.68. The SMILES string of the molecule is c1cc2c3c(cccc3c1)CC2.c1cc2ccc3cccc4ccc(c1)c2c34.c1ccc2ccccc2c1. The zero-order valence-electron chi connectivity index (χ0n) is 21.3. The number of hydrogen-bond donors (Lipinski definition) is 0. The van der Waals surface area contributed by atoms with E-state index in [9.17, 15) is 0 Å². The van der Waals surface area contributed by atoms with Gasteiger partial charge in [0.25, 0.3) is 0 Å². The van der Waals surface area contributed by atoms with Gasteiger partial charge in [0.15, 0.2) is 0 Å². The molecule has 0 amide bonds. The van der Waals surface area contributed by atoms with Gasteiger partial charge < -0.3 is 0 Å². The highest BCUT2D eigenvalue weighted by Gasteiger charge is 2.12. The van der Waals surface area contributed by atoms with Gasteiger partial charge in [-0.15, -0.1) is 0 Å². The summed E-state index contributed by atoms with van der Waals surface area (Å²) in [6, 6.07) is 51.8. The van der Waals surface area contributed by atoms with Crippen LogP contribution in [0.4, 0.5) is 0 Å². The largest absolute Gasteiger partial charge is 0.0616 e. The molecule has 0 aliphatic heterocycles. The van der Waals surface area contributed by atoms with Crippen molar-refractivity contribution in [3.05, 3.63) is 157 Å². The zero-order valence-corrected chi connectivity index (χ0v) is 21.3. The molecule has 8 aromatic carbocycles. The molecule has 0 heterocycles. The van der Waals surface area contributed by atoms with Gasteiger partial charge in [-0.05, 0) is 77.8 Å². The molecule has 1 aliphatic rings. The number of fused-ring (bicyclic) bond motifs is 1. The van der Waals surface area contributed by atoms with E-state index in [1.165, 1.54) is 77.8 Å². The highest BCUT2D eigenvalue weighted by atomic mass is 14.2. The van der Waals surface area contributed by atoms with Crippen molar-refractivity contribution in [2.24, 2.45) is 0 Å². The zero-order chi connectivity index (χ0) is 25.3. The molecule has 0 bridgehead atoms. The summed E-state index contributed by atoms with van der Waals surface area (Å²) in [5.74, 6) is 0. The van der Waals surface area contributed by atoms with Crippen molar-refractivity contribution in [2.45, 2.75) is 12.8 Å². The summed E-state index contributed by atoms with van der Waals surface area (Å²) in [6.45, 7) is 0. The molecule has 0 fully saturated rings. The van der Waals surface area contributed by atoms with Gasteiger partial charge in [0.2, 0.25) is 0 Å². The van der Waals surface area contributed by atoms with Gasteiger partial charge in [0.05, 0.1) is 0 Å². The fourth-order valence-electron chi connectivity index (χ4n) is 5.99. The van der Waals surface area contributed by atoms with Gasteiger partial charge in [0, 0.05) is 0 Å². The highest BCUT2D eigenvalue weighted by Crippen LogP contribution is 2.34. The molecule has 0 nitrogen and oxygen atoms in total. The van der Waals surface area contributed by atoms with Gasteiger partial charge in [-0.2, -0.15) is 0 Å². The third kappa shape index (κ3) is 4.05. The molecule has 0 unspecified atom stereocenters. The predicted octanol–water partition coefficient (Wildman–Crippen LogP) is 10.4. The lowest BCUT2D eigenvalue weighted by molar-refractivity contribution is 1.02. The molecule has 0 saturated carbocycles. The molecule has 0 spiro atoms. The standard InChI is InChI=1S/C16H10.C12H10.C10H8/c1-3-11-7-9-13-5-2-6-14-10-8-12(4-1)15(11)16(13)14;1-3-9-4-2-6-11-8-7-10(5-1)12(9)11;1-2-6-10-8-4-3-7-9(10)5-1/h1-10H;1-6H,7-8H2;1-8H. The minimum Gasteiger partial charge on any atom is -0.0616 e. The van der Waals surface area contributed by atoms with E-state index < -0.39 is 0 Å². The molecule has 180 valence electrons. The Morgan fingerprint density at radius 3 is 0.895 bits per heavy atom. The van der Waals surface area contributed by atoms with Gasteiger partial charge >= 0.3 is 0 Å². The van der Waals surface area contributed by atoms with Gasteiger partial charge in [-0.25, -0.2) is 0 Å². The van der Waals surface area contributed by atoms with Crippen molar-refractivity contribution < 1.29 is 0 Å². The molecule has 0 radical (unpaired) electrons. The van der Waals surface area contributed by atoms with Crippen LogP contribution in [0.25, 0.3) is 53.9 Å². The maximum absolute atomic E-state index is 2.25. The van der Waals surface area contributed by atoms with E-state index in [1.807, 2.05) is 0 Å². The second-order valence-corrected chi connectivity index (χ2v) is 10.1. The third-order valence-electron chi connectivity index (χ3n) is 7.79. The number of rotatable bonds is 0. The Balaban J connectivity index is 0.0000000987. The third-order valence-corrected chi connectivity index (χ3v) is 7.79. The second-order valence-electron chi connectivity index (χ2n) is 10.1. The van der Waals surface area contributed by atoms with Crippen LogP contribution in [0.1, 0.15) is 11.1 Å². The van der Waals surface area contributed by atoms with Crippen molar-refractivity contribution in [1.29, 1.82) is 0 Å². The van der Waals surface area contributed by atoms with E-state index >= 15 is 0 Å². The Bertz CT molecular complexity index is 1790. The van der Waals surface area contributed by atoms with Crippen molar-refractivity contribution >= 4 is 53.9 Å². The highest BCUT2D eigenvalue weighted by molar-refractivity contribution is 6.22. The quantitative estimate of drug-likeness (QED) is 0.188. The summed E-state index contributed by atoms with van der Waals surface area (Å²) >= 11 is 0. The van der Waals surface area contributed by atoms with Gasteiger partial charge in [-0.1, -0.05) is 146 Å². The summed E-state index contributed by atoms with van der Waals surface area (Å²) in [7, 11) is 0. The van der Waals surface area contributed by atoms with Crippen LogP contribution in [0.3, 0.4) is 0 Å². The summed E-state index contributed by atoms with van der Waals surface area (Å²) in [5, 5.41) is 13.7. The second kappa shape index (κ2) is 9.65. The van der Waals surface area contributed by atoms with Crippen molar-refractivity contribution in [1.82, 2.24) is 0 Å². The van der Waals surface area contributed by atoms with E-state index in [0.717, 1.165) is 0 Å². The summed E-state index contributed by atoms with van der Waals surface area (Å²) in [6.07, 6.45) is 2.47. The van der Waals surface area contributed by atoms with Crippen LogP contribution in [0, 0.1) is 0 Å². The average Bonchev–Trinajstić information content (AvgIpc) is 3.42. The van der Waals surface area contributed by atoms with Crippen LogP contribution in [0.15, 0.2) is 146 Å². The van der Waals surface area contributed by atoms with Crippen LogP contribution in [0.5, 0.6) is 0 Å². The molecule has 0 saturated heterocycles. The summed E-state index contributed by atoms with van der Waals surface area (Å²) < 4.78 is 0. The molecule has 0 aromatic heterocycles. The van der Waals surface area contributed by atoms with Gasteiger partial charge in [0.1, 0.15) is 0 Å². The normalized spacial score (nSPS) is 12.0. The van der Waals surface area contributed by atoms with Crippen LogP contribution >= 0.6 is 0 Å². The lowest BCUT2D eigenvalue weighted by Crippen LogP contribution is -1.82. The fourth-order valence-corrected chi connectivity index (χ4v) is 5.99. The number of aryl methyl sites for hydroxylation is 2. The average molecular weight is 485 g/mol. The lowest BCUT2D eigenvalue weighted by Gasteiger charge is -2.09. The van der Waals surface area contributed by atoms with E-state index in [-0.39, 0.29) is 0 Å². The molecule has 8 aromatic rings. The number of benzene rings is 8. The molecule has 0 heteroatoms. The van der Waals surface area contributed by atoms with Gasteiger partial charge in [-0.3, -0.25) is 0 Å². The van der Waals surface area contributed by atoms with Crippen molar-refractivity contribution in [2.75, 3.05) is 0 Å². The van der Waals surface area contributed by atoms with E-state index in [2.05, 4.69) is 146 Å². The smallest absolute Gasteiger partial charge is 0.00268 e. The predicted molar refractivity (Wildman–Crippen MR) is 165 cm³/mol. The Morgan fingerprint density at radius 2 is 0.526 bits per heavy atom. The van der Waals surface area contributed by atoms with Crippen LogP contribution < -0.4 is 0 Å². The first-order chi connectivity index (χ1) is 18.8. The number of hydrogen-bond acceptors (Lipinski definition) is 0. The summed E-state index contributed by atoms with van der Waals surface area (Å²) in [5.41, 5.74) is 3.06. The van der Waals surface area contributed by atoms with Crippen molar-refractivity contribution in [3.8, 4) is 0 Å². The minimum atomic E-state index is 1.23. The van der Waals surface area contributed by atoms with E-state index in [0.29, 0.717) is 0 Å². The first-order valence-corrected chi connectivity index (χ1v) is 13.4. The lowest BCUT2D eigenvalue weighted by atomic mass is 9.95. The molecule has 0 N–H and O–H groups in total. The molecule has 1 aliphatic carbocycles. The molecular weight excluding hydrogens is 456 g/mol. The Labute approximate surface area is 223 Å².